The second-order valence-electron chi connectivity index (χ2n) is 4.75. The SMILES string of the molecule is FC(F)(F)CCN(Cc1cscn1)C1CCCC1. The third kappa shape index (κ3) is 4.24. The highest BCUT2D eigenvalue weighted by atomic mass is 32.1. The fraction of sp³-hybridized carbons (Fsp3) is 0.750. The molecule has 0 aromatic carbocycles. The van der Waals surface area contributed by atoms with Crippen molar-refractivity contribution in [2.45, 2.75) is 50.9 Å². The van der Waals surface area contributed by atoms with E-state index in [2.05, 4.69) is 4.98 Å². The molecule has 102 valence electrons. The lowest BCUT2D eigenvalue weighted by molar-refractivity contribution is -0.139. The van der Waals surface area contributed by atoms with Crippen LogP contribution in [-0.4, -0.2) is 28.6 Å². The van der Waals surface area contributed by atoms with Gasteiger partial charge in [-0.05, 0) is 12.8 Å². The number of halogens is 3. The largest absolute Gasteiger partial charge is 0.390 e. The van der Waals surface area contributed by atoms with Gasteiger partial charge >= 0.3 is 6.18 Å². The number of nitrogens with zero attached hydrogens (tertiary/aromatic N) is 2. The summed E-state index contributed by atoms with van der Waals surface area (Å²) in [5.74, 6) is 0. The van der Waals surface area contributed by atoms with E-state index in [9.17, 15) is 13.2 Å². The van der Waals surface area contributed by atoms with Crippen molar-refractivity contribution in [3.8, 4) is 0 Å². The molecule has 2 rings (SSSR count). The third-order valence-electron chi connectivity index (χ3n) is 3.37. The zero-order valence-corrected chi connectivity index (χ0v) is 10.9. The van der Waals surface area contributed by atoms with Crippen molar-refractivity contribution in [1.82, 2.24) is 9.88 Å². The van der Waals surface area contributed by atoms with Crippen LogP contribution in [0.4, 0.5) is 13.2 Å². The molecule has 0 radical (unpaired) electrons. The lowest BCUT2D eigenvalue weighted by Gasteiger charge is -2.28. The van der Waals surface area contributed by atoms with Gasteiger partial charge in [-0.2, -0.15) is 13.2 Å². The van der Waals surface area contributed by atoms with E-state index in [4.69, 9.17) is 0 Å². The summed E-state index contributed by atoms with van der Waals surface area (Å²) in [6, 6.07) is 0.300. The first-order valence-electron chi connectivity index (χ1n) is 6.22. The molecule has 1 aliphatic rings. The predicted molar refractivity (Wildman–Crippen MR) is 65.5 cm³/mol. The molecule has 18 heavy (non-hydrogen) atoms. The first kappa shape index (κ1) is 13.8. The maximum Gasteiger partial charge on any atom is 0.390 e. The molecule has 0 amide bonds. The number of hydrogen-bond acceptors (Lipinski definition) is 3. The lowest BCUT2D eigenvalue weighted by Crippen LogP contribution is -2.35. The molecular weight excluding hydrogens is 261 g/mol. The summed E-state index contributed by atoms with van der Waals surface area (Å²) in [4.78, 5) is 6.12. The highest BCUT2D eigenvalue weighted by Gasteiger charge is 2.30. The molecule has 0 atom stereocenters. The molecule has 0 bridgehead atoms. The van der Waals surface area contributed by atoms with Crippen molar-refractivity contribution >= 4 is 11.3 Å². The van der Waals surface area contributed by atoms with Crippen LogP contribution in [0.25, 0.3) is 0 Å². The molecular formula is C12H17F3N2S. The van der Waals surface area contributed by atoms with Gasteiger partial charge in [0.1, 0.15) is 0 Å². The molecule has 1 aromatic heterocycles. The monoisotopic (exact) mass is 278 g/mol. The molecule has 0 aliphatic heterocycles. The smallest absolute Gasteiger partial charge is 0.294 e. The Morgan fingerprint density at radius 3 is 2.61 bits per heavy atom. The lowest BCUT2D eigenvalue weighted by atomic mass is 10.2. The fourth-order valence-electron chi connectivity index (χ4n) is 2.45. The highest BCUT2D eigenvalue weighted by Crippen LogP contribution is 2.27. The molecule has 0 saturated heterocycles. The number of alkyl halides is 3. The van der Waals surface area contributed by atoms with Gasteiger partial charge < -0.3 is 0 Å². The minimum absolute atomic E-state index is 0.0890. The second-order valence-corrected chi connectivity index (χ2v) is 5.47. The Hall–Kier alpha value is -0.620. The number of hydrogen-bond donors (Lipinski definition) is 0. The van der Waals surface area contributed by atoms with Crippen LogP contribution in [0, 0.1) is 0 Å². The maximum atomic E-state index is 12.3. The molecule has 0 spiro atoms. The van der Waals surface area contributed by atoms with E-state index in [-0.39, 0.29) is 6.54 Å². The van der Waals surface area contributed by atoms with Crippen molar-refractivity contribution < 1.29 is 13.2 Å². The summed E-state index contributed by atoms with van der Waals surface area (Å²) in [6.45, 7) is 0.635. The summed E-state index contributed by atoms with van der Waals surface area (Å²) in [7, 11) is 0. The predicted octanol–water partition coefficient (Wildman–Crippen LogP) is 3.84. The first-order valence-corrected chi connectivity index (χ1v) is 7.17. The van der Waals surface area contributed by atoms with Gasteiger partial charge in [0.15, 0.2) is 0 Å². The topological polar surface area (TPSA) is 16.1 Å². The van der Waals surface area contributed by atoms with Crippen LogP contribution in [0.3, 0.4) is 0 Å². The van der Waals surface area contributed by atoms with E-state index in [1.54, 1.807) is 5.51 Å². The molecule has 6 heteroatoms. The average molecular weight is 278 g/mol. The summed E-state index contributed by atoms with van der Waals surface area (Å²) >= 11 is 1.49. The zero-order chi connectivity index (χ0) is 13.0. The Morgan fingerprint density at radius 1 is 1.33 bits per heavy atom. The molecule has 1 heterocycles. The number of rotatable bonds is 5. The van der Waals surface area contributed by atoms with Gasteiger partial charge in [-0.3, -0.25) is 4.90 Å². The van der Waals surface area contributed by atoms with E-state index < -0.39 is 12.6 Å². The standard InChI is InChI=1S/C12H17F3N2S/c13-12(14,15)5-6-17(11-3-1-2-4-11)7-10-8-18-9-16-10/h8-9,11H,1-7H2. The van der Waals surface area contributed by atoms with E-state index in [1.807, 2.05) is 10.3 Å². The molecule has 1 aromatic rings. The molecule has 2 nitrogen and oxygen atoms in total. The maximum absolute atomic E-state index is 12.3. The summed E-state index contributed by atoms with van der Waals surface area (Å²) in [5, 5.41) is 1.91. The molecule has 1 aliphatic carbocycles. The van der Waals surface area contributed by atoms with Gasteiger partial charge in [-0.15, -0.1) is 11.3 Å². The quantitative estimate of drug-likeness (QED) is 0.813. The third-order valence-corrected chi connectivity index (χ3v) is 4.01. The normalized spacial score (nSPS) is 17.8. The average Bonchev–Trinajstić information content (AvgIpc) is 2.95. The van der Waals surface area contributed by atoms with Crippen LogP contribution in [0.5, 0.6) is 0 Å². The second kappa shape index (κ2) is 6.02. The van der Waals surface area contributed by atoms with Crippen LogP contribution >= 0.6 is 11.3 Å². The van der Waals surface area contributed by atoms with Crippen LogP contribution in [-0.2, 0) is 6.54 Å². The van der Waals surface area contributed by atoms with Gasteiger partial charge in [0, 0.05) is 24.5 Å². The minimum atomic E-state index is -4.07. The number of thiazole rings is 1. The van der Waals surface area contributed by atoms with Crippen molar-refractivity contribution in [1.29, 1.82) is 0 Å². The zero-order valence-electron chi connectivity index (χ0n) is 10.1. The van der Waals surface area contributed by atoms with Crippen LogP contribution in [0.15, 0.2) is 10.9 Å². The van der Waals surface area contributed by atoms with Crippen molar-refractivity contribution in [2.24, 2.45) is 0 Å². The Bertz CT molecular complexity index is 345. The van der Waals surface area contributed by atoms with E-state index in [0.717, 1.165) is 31.4 Å². The molecule has 1 saturated carbocycles. The number of aromatic nitrogens is 1. The summed E-state index contributed by atoms with van der Waals surface area (Å²) in [5.41, 5.74) is 2.61. The summed E-state index contributed by atoms with van der Waals surface area (Å²) in [6.07, 6.45) is -0.509. The van der Waals surface area contributed by atoms with Crippen molar-refractivity contribution in [3.63, 3.8) is 0 Å². The van der Waals surface area contributed by atoms with E-state index in [0.29, 0.717) is 12.6 Å². The summed E-state index contributed by atoms with van der Waals surface area (Å²) < 4.78 is 37.0. The van der Waals surface area contributed by atoms with Gasteiger partial charge in [-0.1, -0.05) is 12.8 Å². The van der Waals surface area contributed by atoms with E-state index >= 15 is 0 Å². The van der Waals surface area contributed by atoms with Crippen LogP contribution < -0.4 is 0 Å². The molecule has 1 fully saturated rings. The Morgan fingerprint density at radius 2 is 2.06 bits per heavy atom. The van der Waals surface area contributed by atoms with Crippen LogP contribution in [0.2, 0.25) is 0 Å². The highest BCUT2D eigenvalue weighted by molar-refractivity contribution is 7.07. The van der Waals surface area contributed by atoms with Gasteiger partial charge in [0.05, 0.1) is 17.6 Å². The van der Waals surface area contributed by atoms with Gasteiger partial charge in [0.2, 0.25) is 0 Å². The van der Waals surface area contributed by atoms with Crippen molar-refractivity contribution in [2.75, 3.05) is 6.54 Å². The van der Waals surface area contributed by atoms with Gasteiger partial charge in [0.25, 0.3) is 0 Å². The minimum Gasteiger partial charge on any atom is -0.294 e. The molecule has 0 N–H and O–H groups in total. The van der Waals surface area contributed by atoms with Crippen molar-refractivity contribution in [3.05, 3.63) is 16.6 Å². The fourth-order valence-corrected chi connectivity index (χ4v) is 3.00. The van der Waals surface area contributed by atoms with E-state index in [1.165, 1.54) is 11.3 Å². The first-order chi connectivity index (χ1) is 8.54. The van der Waals surface area contributed by atoms with Crippen LogP contribution in [0.1, 0.15) is 37.8 Å². The van der Waals surface area contributed by atoms with Gasteiger partial charge in [-0.25, -0.2) is 4.98 Å². The Balaban J connectivity index is 1.93. The Kier molecular flexibility index (Phi) is 4.61. The molecule has 0 unspecified atom stereocenters. The Labute approximate surface area is 109 Å².